The summed E-state index contributed by atoms with van der Waals surface area (Å²) in [6, 6.07) is 5.99. The van der Waals surface area contributed by atoms with Gasteiger partial charge in [0.05, 0.1) is 18.0 Å². The molecule has 2 rings (SSSR count). The molecule has 1 aromatic carbocycles. The number of rotatable bonds is 7. The smallest absolute Gasteiger partial charge is 0.144 e. The van der Waals surface area contributed by atoms with E-state index < -0.39 is 0 Å². The quantitative estimate of drug-likeness (QED) is 0.716. The van der Waals surface area contributed by atoms with Gasteiger partial charge in [0.25, 0.3) is 0 Å². The van der Waals surface area contributed by atoms with Crippen LogP contribution in [0.4, 0.5) is 11.4 Å². The normalized spacial score (nSPS) is 22.0. The summed E-state index contributed by atoms with van der Waals surface area (Å²) in [4.78, 5) is 0. The molecule has 1 aliphatic rings. The minimum absolute atomic E-state index is 0.716. The lowest BCUT2D eigenvalue weighted by molar-refractivity contribution is 0.282. The third kappa shape index (κ3) is 4.83. The molecular formula is C18H30N2O. The predicted molar refractivity (Wildman–Crippen MR) is 90.9 cm³/mol. The van der Waals surface area contributed by atoms with Crippen LogP contribution >= 0.6 is 0 Å². The predicted octanol–water partition coefficient (Wildman–Crippen LogP) is 4.69. The molecule has 3 heteroatoms. The highest BCUT2D eigenvalue weighted by atomic mass is 16.5. The zero-order valence-electron chi connectivity index (χ0n) is 13.5. The van der Waals surface area contributed by atoms with E-state index in [1.165, 1.54) is 32.1 Å². The molecule has 21 heavy (non-hydrogen) atoms. The van der Waals surface area contributed by atoms with Crippen LogP contribution in [0.1, 0.15) is 52.4 Å². The van der Waals surface area contributed by atoms with Gasteiger partial charge in [0, 0.05) is 6.54 Å². The molecule has 0 aromatic heterocycles. The maximum Gasteiger partial charge on any atom is 0.144 e. The Labute approximate surface area is 129 Å². The van der Waals surface area contributed by atoms with Gasteiger partial charge in [-0.3, -0.25) is 0 Å². The van der Waals surface area contributed by atoms with Gasteiger partial charge in [-0.2, -0.15) is 0 Å². The standard InChI is InChI=1S/C18H30N2O/c1-3-13-21-17-6-4-5-16(18(17)19)20-12-11-15-9-7-14(2)8-10-15/h4-6,14-15,20H,3,7-13,19H2,1-2H3. The van der Waals surface area contributed by atoms with Crippen molar-refractivity contribution >= 4 is 11.4 Å². The molecule has 0 atom stereocenters. The summed E-state index contributed by atoms with van der Waals surface area (Å²) < 4.78 is 5.67. The second kappa shape index (κ2) is 8.16. The Hall–Kier alpha value is -1.38. The molecule has 0 aliphatic heterocycles. The maximum atomic E-state index is 6.17. The number of ether oxygens (including phenoxy) is 1. The maximum absolute atomic E-state index is 6.17. The van der Waals surface area contributed by atoms with Crippen molar-refractivity contribution in [1.82, 2.24) is 0 Å². The van der Waals surface area contributed by atoms with E-state index in [4.69, 9.17) is 10.5 Å². The second-order valence-corrected chi connectivity index (χ2v) is 6.41. The molecule has 1 fully saturated rings. The number of benzene rings is 1. The lowest BCUT2D eigenvalue weighted by Gasteiger charge is -2.26. The van der Waals surface area contributed by atoms with Gasteiger partial charge in [-0.1, -0.05) is 45.6 Å². The molecule has 1 saturated carbocycles. The number of anilines is 2. The summed E-state index contributed by atoms with van der Waals surface area (Å²) in [5.41, 5.74) is 7.92. The van der Waals surface area contributed by atoms with Crippen molar-refractivity contribution in [3.05, 3.63) is 18.2 Å². The van der Waals surface area contributed by atoms with Crippen molar-refractivity contribution in [2.75, 3.05) is 24.2 Å². The largest absolute Gasteiger partial charge is 0.491 e. The average Bonchev–Trinajstić information content (AvgIpc) is 2.50. The SMILES string of the molecule is CCCOc1cccc(NCCC2CCC(C)CC2)c1N. The molecule has 3 nitrogen and oxygen atoms in total. The highest BCUT2D eigenvalue weighted by molar-refractivity contribution is 5.72. The summed E-state index contributed by atoms with van der Waals surface area (Å²) >= 11 is 0. The number of hydrogen-bond donors (Lipinski definition) is 2. The molecule has 0 saturated heterocycles. The molecule has 0 bridgehead atoms. The molecule has 0 spiro atoms. The van der Waals surface area contributed by atoms with E-state index in [0.29, 0.717) is 6.61 Å². The van der Waals surface area contributed by atoms with E-state index in [-0.39, 0.29) is 0 Å². The fourth-order valence-corrected chi connectivity index (χ4v) is 3.06. The van der Waals surface area contributed by atoms with Gasteiger partial charge in [-0.25, -0.2) is 0 Å². The van der Waals surface area contributed by atoms with Crippen molar-refractivity contribution < 1.29 is 4.74 Å². The number of para-hydroxylation sites is 1. The van der Waals surface area contributed by atoms with Crippen LogP contribution < -0.4 is 15.8 Å². The number of nitrogen functional groups attached to an aromatic ring is 1. The molecule has 1 aliphatic carbocycles. The average molecular weight is 290 g/mol. The summed E-state index contributed by atoms with van der Waals surface area (Å²) in [5, 5.41) is 3.48. The molecule has 1 aromatic rings. The molecule has 118 valence electrons. The van der Waals surface area contributed by atoms with Gasteiger partial charge in [-0.05, 0) is 36.8 Å². The van der Waals surface area contributed by atoms with Crippen LogP contribution in [0.3, 0.4) is 0 Å². The van der Waals surface area contributed by atoms with Gasteiger partial charge in [0.1, 0.15) is 5.75 Å². The second-order valence-electron chi connectivity index (χ2n) is 6.41. The highest BCUT2D eigenvalue weighted by Crippen LogP contribution is 2.32. The fourth-order valence-electron chi connectivity index (χ4n) is 3.06. The van der Waals surface area contributed by atoms with E-state index in [9.17, 15) is 0 Å². The Morgan fingerprint density at radius 1 is 1.24 bits per heavy atom. The molecular weight excluding hydrogens is 260 g/mol. The van der Waals surface area contributed by atoms with Crippen LogP contribution in [0.5, 0.6) is 5.75 Å². The Morgan fingerprint density at radius 3 is 2.71 bits per heavy atom. The Morgan fingerprint density at radius 2 is 2.00 bits per heavy atom. The molecule has 0 amide bonds. The van der Waals surface area contributed by atoms with E-state index in [0.717, 1.165) is 41.9 Å². The zero-order chi connectivity index (χ0) is 15.1. The van der Waals surface area contributed by atoms with E-state index in [1.807, 2.05) is 18.2 Å². The molecule has 0 radical (unpaired) electrons. The molecule has 0 heterocycles. The third-order valence-electron chi connectivity index (χ3n) is 4.53. The number of nitrogens with two attached hydrogens (primary N) is 1. The summed E-state index contributed by atoms with van der Waals surface area (Å²) in [6.07, 6.45) is 7.81. The topological polar surface area (TPSA) is 47.3 Å². The molecule has 3 N–H and O–H groups in total. The number of nitrogens with one attached hydrogen (secondary N) is 1. The van der Waals surface area contributed by atoms with E-state index in [1.54, 1.807) is 0 Å². The molecule has 0 unspecified atom stereocenters. The van der Waals surface area contributed by atoms with Crippen molar-refractivity contribution in [2.45, 2.75) is 52.4 Å². The lowest BCUT2D eigenvalue weighted by atomic mass is 9.81. The Kier molecular flexibility index (Phi) is 6.21. The van der Waals surface area contributed by atoms with Crippen LogP contribution in [0, 0.1) is 11.8 Å². The van der Waals surface area contributed by atoms with Crippen LogP contribution in [-0.2, 0) is 0 Å². The van der Waals surface area contributed by atoms with Crippen molar-refractivity contribution in [3.63, 3.8) is 0 Å². The van der Waals surface area contributed by atoms with Crippen LogP contribution in [-0.4, -0.2) is 13.2 Å². The summed E-state index contributed by atoms with van der Waals surface area (Å²) in [5.74, 6) is 2.61. The van der Waals surface area contributed by atoms with E-state index >= 15 is 0 Å². The van der Waals surface area contributed by atoms with Crippen LogP contribution in [0.25, 0.3) is 0 Å². The first-order valence-electron chi connectivity index (χ1n) is 8.45. The minimum Gasteiger partial charge on any atom is -0.491 e. The summed E-state index contributed by atoms with van der Waals surface area (Å²) in [6.45, 7) is 6.19. The highest BCUT2D eigenvalue weighted by Gasteiger charge is 2.17. The first-order chi connectivity index (χ1) is 10.2. The number of hydrogen-bond acceptors (Lipinski definition) is 3. The Balaban J connectivity index is 1.80. The van der Waals surface area contributed by atoms with Crippen molar-refractivity contribution in [3.8, 4) is 5.75 Å². The van der Waals surface area contributed by atoms with Gasteiger partial charge < -0.3 is 15.8 Å². The van der Waals surface area contributed by atoms with Gasteiger partial charge >= 0.3 is 0 Å². The fraction of sp³-hybridized carbons (Fsp3) is 0.667. The first kappa shape index (κ1) is 16.0. The van der Waals surface area contributed by atoms with Crippen molar-refractivity contribution in [1.29, 1.82) is 0 Å². The zero-order valence-corrected chi connectivity index (χ0v) is 13.5. The first-order valence-corrected chi connectivity index (χ1v) is 8.45. The van der Waals surface area contributed by atoms with Gasteiger partial charge in [0.15, 0.2) is 0 Å². The minimum atomic E-state index is 0.716. The van der Waals surface area contributed by atoms with Gasteiger partial charge in [0.2, 0.25) is 0 Å². The van der Waals surface area contributed by atoms with Gasteiger partial charge in [-0.15, -0.1) is 0 Å². The monoisotopic (exact) mass is 290 g/mol. The van der Waals surface area contributed by atoms with Crippen LogP contribution in [0.15, 0.2) is 18.2 Å². The van der Waals surface area contributed by atoms with Crippen molar-refractivity contribution in [2.24, 2.45) is 11.8 Å². The Bertz CT molecular complexity index is 425. The third-order valence-corrected chi connectivity index (χ3v) is 4.53. The summed E-state index contributed by atoms with van der Waals surface area (Å²) in [7, 11) is 0. The van der Waals surface area contributed by atoms with E-state index in [2.05, 4.69) is 19.2 Å². The van der Waals surface area contributed by atoms with Crippen LogP contribution in [0.2, 0.25) is 0 Å². The lowest BCUT2D eigenvalue weighted by Crippen LogP contribution is -2.16.